The molecule has 0 saturated heterocycles. The number of nitrogens with one attached hydrogen (secondary N) is 1. The van der Waals surface area contributed by atoms with Gasteiger partial charge in [-0.25, -0.2) is 4.68 Å². The minimum atomic E-state index is -0.140. The fraction of sp³-hybridized carbons (Fsp3) is 0.100. The molecule has 0 unspecified atom stereocenters. The summed E-state index contributed by atoms with van der Waals surface area (Å²) in [6.07, 6.45) is 6.91. The molecule has 0 radical (unpaired) electrons. The van der Waals surface area contributed by atoms with Crippen LogP contribution in [0, 0.1) is 0 Å². The molecule has 0 atom stereocenters. The van der Waals surface area contributed by atoms with Gasteiger partial charge in [0.05, 0.1) is 12.8 Å². The lowest BCUT2D eigenvalue weighted by Gasteiger charge is -2.05. The van der Waals surface area contributed by atoms with Gasteiger partial charge in [-0.05, 0) is 47.5 Å². The zero-order valence-corrected chi connectivity index (χ0v) is 13.9. The summed E-state index contributed by atoms with van der Waals surface area (Å²) >= 11 is 0. The quantitative estimate of drug-likeness (QED) is 0.705. The Labute approximate surface area is 146 Å². The first-order valence-corrected chi connectivity index (χ1v) is 7.93. The van der Waals surface area contributed by atoms with Crippen molar-refractivity contribution in [1.29, 1.82) is 0 Å². The fourth-order valence-corrected chi connectivity index (χ4v) is 2.35. The van der Waals surface area contributed by atoms with E-state index in [-0.39, 0.29) is 5.91 Å². The van der Waals surface area contributed by atoms with Gasteiger partial charge >= 0.3 is 0 Å². The first kappa shape index (κ1) is 16.5. The second-order valence-corrected chi connectivity index (χ2v) is 5.44. The highest BCUT2D eigenvalue weighted by molar-refractivity contribution is 5.91. The second-order valence-electron chi connectivity index (χ2n) is 5.44. The van der Waals surface area contributed by atoms with Crippen molar-refractivity contribution in [3.63, 3.8) is 0 Å². The summed E-state index contributed by atoms with van der Waals surface area (Å²) in [5, 5.41) is 7.06. The van der Waals surface area contributed by atoms with E-state index in [1.54, 1.807) is 24.1 Å². The highest BCUT2D eigenvalue weighted by atomic mass is 16.5. The Balaban J connectivity index is 1.54. The number of rotatable bonds is 6. The molecule has 0 bridgehead atoms. The zero-order chi connectivity index (χ0) is 17.5. The number of amides is 1. The van der Waals surface area contributed by atoms with Crippen LogP contribution in [-0.2, 0) is 11.3 Å². The lowest BCUT2D eigenvalue weighted by atomic mass is 10.2. The maximum atomic E-state index is 12.0. The third kappa shape index (κ3) is 4.57. The van der Waals surface area contributed by atoms with Crippen LogP contribution >= 0.6 is 0 Å². The average molecular weight is 333 g/mol. The summed E-state index contributed by atoms with van der Waals surface area (Å²) in [6.45, 7) is 0.473. The van der Waals surface area contributed by atoms with E-state index in [0.717, 1.165) is 22.6 Å². The Hall–Kier alpha value is -3.34. The molecule has 1 aromatic heterocycles. The second kappa shape index (κ2) is 7.97. The van der Waals surface area contributed by atoms with Gasteiger partial charge in [-0.1, -0.05) is 24.3 Å². The maximum absolute atomic E-state index is 12.0. The Bertz CT molecular complexity index is 853. The van der Waals surface area contributed by atoms with Crippen LogP contribution in [0.25, 0.3) is 11.8 Å². The third-order valence-electron chi connectivity index (χ3n) is 3.69. The molecule has 1 N–H and O–H groups in total. The van der Waals surface area contributed by atoms with E-state index in [0.29, 0.717) is 6.54 Å². The van der Waals surface area contributed by atoms with Crippen LogP contribution in [0.1, 0.15) is 11.1 Å². The number of carbonyl (C=O) groups is 1. The summed E-state index contributed by atoms with van der Waals surface area (Å²) in [5.41, 5.74) is 2.93. The number of hydrogen-bond acceptors (Lipinski definition) is 3. The first-order chi connectivity index (χ1) is 12.2. The van der Waals surface area contributed by atoms with E-state index < -0.39 is 0 Å². The van der Waals surface area contributed by atoms with Crippen LogP contribution in [0.4, 0.5) is 0 Å². The summed E-state index contributed by atoms with van der Waals surface area (Å²) in [4.78, 5) is 12.0. The SMILES string of the molecule is COc1cccc(/C=C/C(=O)NCc2ccc(-n3cccn3)cc2)c1. The van der Waals surface area contributed by atoms with E-state index in [4.69, 9.17) is 4.74 Å². The molecule has 3 aromatic rings. The van der Waals surface area contributed by atoms with Gasteiger partial charge in [0, 0.05) is 25.0 Å². The van der Waals surface area contributed by atoms with Gasteiger partial charge in [-0.2, -0.15) is 5.10 Å². The molecule has 5 nitrogen and oxygen atoms in total. The molecule has 0 saturated carbocycles. The molecule has 0 aliphatic carbocycles. The van der Waals surface area contributed by atoms with Crippen LogP contribution in [0.2, 0.25) is 0 Å². The number of benzene rings is 2. The molecular weight excluding hydrogens is 314 g/mol. The molecule has 5 heteroatoms. The lowest BCUT2D eigenvalue weighted by molar-refractivity contribution is -0.116. The molecule has 1 heterocycles. The topological polar surface area (TPSA) is 56.1 Å². The van der Waals surface area contributed by atoms with Gasteiger partial charge in [-0.15, -0.1) is 0 Å². The van der Waals surface area contributed by atoms with Crippen molar-refractivity contribution in [3.05, 3.63) is 84.2 Å². The smallest absolute Gasteiger partial charge is 0.244 e. The van der Waals surface area contributed by atoms with Crippen molar-refractivity contribution in [1.82, 2.24) is 15.1 Å². The predicted octanol–water partition coefficient (Wildman–Crippen LogP) is 3.21. The molecular formula is C20H19N3O2. The normalized spacial score (nSPS) is 10.8. The van der Waals surface area contributed by atoms with Gasteiger partial charge in [0.2, 0.25) is 5.91 Å². The van der Waals surface area contributed by atoms with Crippen LogP contribution in [0.5, 0.6) is 5.75 Å². The molecule has 0 spiro atoms. The third-order valence-corrected chi connectivity index (χ3v) is 3.69. The standard InChI is InChI=1S/C20H19N3O2/c1-25-19-5-2-4-16(14-19)8-11-20(24)21-15-17-6-9-18(10-7-17)23-13-3-12-22-23/h2-14H,15H2,1H3,(H,21,24)/b11-8+. The number of hydrogen-bond donors (Lipinski definition) is 1. The van der Waals surface area contributed by atoms with Crippen LogP contribution in [0.3, 0.4) is 0 Å². The van der Waals surface area contributed by atoms with Crippen molar-refractivity contribution in [3.8, 4) is 11.4 Å². The minimum Gasteiger partial charge on any atom is -0.497 e. The van der Waals surface area contributed by atoms with Gasteiger partial charge in [0.15, 0.2) is 0 Å². The monoisotopic (exact) mass is 333 g/mol. The fourth-order valence-electron chi connectivity index (χ4n) is 2.35. The molecule has 0 aliphatic rings. The summed E-state index contributed by atoms with van der Waals surface area (Å²) in [6, 6.07) is 17.3. The first-order valence-electron chi connectivity index (χ1n) is 7.93. The van der Waals surface area contributed by atoms with Crippen LogP contribution in [-0.4, -0.2) is 22.8 Å². The van der Waals surface area contributed by atoms with E-state index in [1.165, 1.54) is 6.08 Å². The van der Waals surface area contributed by atoms with Crippen molar-refractivity contribution in [2.75, 3.05) is 7.11 Å². The molecule has 2 aromatic carbocycles. The van der Waals surface area contributed by atoms with E-state index in [1.807, 2.05) is 60.8 Å². The molecule has 1 amide bonds. The van der Waals surface area contributed by atoms with E-state index >= 15 is 0 Å². The Morgan fingerprint density at radius 1 is 1.20 bits per heavy atom. The summed E-state index contributed by atoms with van der Waals surface area (Å²) < 4.78 is 6.95. The highest BCUT2D eigenvalue weighted by Gasteiger charge is 2.00. The Morgan fingerprint density at radius 2 is 2.04 bits per heavy atom. The highest BCUT2D eigenvalue weighted by Crippen LogP contribution is 2.13. The van der Waals surface area contributed by atoms with E-state index in [2.05, 4.69) is 10.4 Å². The molecule has 0 aliphatic heterocycles. The van der Waals surface area contributed by atoms with Crippen molar-refractivity contribution in [2.24, 2.45) is 0 Å². The lowest BCUT2D eigenvalue weighted by Crippen LogP contribution is -2.20. The number of aromatic nitrogens is 2. The van der Waals surface area contributed by atoms with Gasteiger partial charge in [-0.3, -0.25) is 4.79 Å². The van der Waals surface area contributed by atoms with Crippen molar-refractivity contribution < 1.29 is 9.53 Å². The van der Waals surface area contributed by atoms with Crippen LogP contribution in [0.15, 0.2) is 73.1 Å². The average Bonchev–Trinajstić information content (AvgIpc) is 3.20. The Kier molecular flexibility index (Phi) is 5.26. The molecule has 126 valence electrons. The number of ether oxygens (including phenoxy) is 1. The Morgan fingerprint density at radius 3 is 2.76 bits per heavy atom. The minimum absolute atomic E-state index is 0.140. The van der Waals surface area contributed by atoms with Gasteiger partial charge < -0.3 is 10.1 Å². The number of methoxy groups -OCH3 is 1. The van der Waals surface area contributed by atoms with E-state index in [9.17, 15) is 4.79 Å². The van der Waals surface area contributed by atoms with Crippen LogP contribution < -0.4 is 10.1 Å². The maximum Gasteiger partial charge on any atom is 0.244 e. The molecule has 25 heavy (non-hydrogen) atoms. The number of carbonyl (C=O) groups excluding carboxylic acids is 1. The number of nitrogens with zero attached hydrogens (tertiary/aromatic N) is 2. The van der Waals surface area contributed by atoms with Gasteiger partial charge in [0.1, 0.15) is 5.75 Å². The zero-order valence-electron chi connectivity index (χ0n) is 13.9. The molecule has 3 rings (SSSR count). The van der Waals surface area contributed by atoms with Crippen molar-refractivity contribution >= 4 is 12.0 Å². The van der Waals surface area contributed by atoms with Crippen molar-refractivity contribution in [2.45, 2.75) is 6.54 Å². The largest absolute Gasteiger partial charge is 0.497 e. The summed E-state index contributed by atoms with van der Waals surface area (Å²) in [5.74, 6) is 0.624. The predicted molar refractivity (Wildman–Crippen MR) is 97.4 cm³/mol. The van der Waals surface area contributed by atoms with Gasteiger partial charge in [0.25, 0.3) is 0 Å². The summed E-state index contributed by atoms with van der Waals surface area (Å²) in [7, 11) is 1.62. The molecule has 0 fully saturated rings.